The van der Waals surface area contributed by atoms with Gasteiger partial charge < -0.3 is 14.1 Å². The van der Waals surface area contributed by atoms with Gasteiger partial charge in [-0.3, -0.25) is 9.59 Å². The molecule has 0 radical (unpaired) electrons. The lowest BCUT2D eigenvalue weighted by molar-refractivity contribution is -0.150. The zero-order valence-corrected chi connectivity index (χ0v) is 16.6. The zero-order chi connectivity index (χ0) is 20.3. The number of hydrogen-bond acceptors (Lipinski definition) is 5. The summed E-state index contributed by atoms with van der Waals surface area (Å²) in [5, 5.41) is 0.434. The minimum absolute atomic E-state index is 0.0558. The monoisotopic (exact) mass is 403 g/mol. The molecule has 0 spiro atoms. The first-order valence-corrected chi connectivity index (χ1v) is 9.52. The summed E-state index contributed by atoms with van der Waals surface area (Å²) in [7, 11) is 1.56. The number of benzene rings is 1. The SMILES string of the molecule is Cc1occc1C(=O)OCC(=O)N(C)C1(c2ccccc2Cl)CCCCC1=O. The van der Waals surface area contributed by atoms with Crippen molar-refractivity contribution in [3.8, 4) is 0 Å². The van der Waals surface area contributed by atoms with Crippen LogP contribution in [0, 0.1) is 6.92 Å². The van der Waals surface area contributed by atoms with Crippen molar-refractivity contribution < 1.29 is 23.5 Å². The molecule has 1 unspecified atom stereocenters. The third-order valence-corrected chi connectivity index (χ3v) is 5.65. The number of amides is 1. The van der Waals surface area contributed by atoms with E-state index in [1.165, 1.54) is 17.2 Å². The molecule has 1 fully saturated rings. The molecule has 1 atom stereocenters. The van der Waals surface area contributed by atoms with Gasteiger partial charge in [0.25, 0.3) is 5.91 Å². The topological polar surface area (TPSA) is 76.8 Å². The van der Waals surface area contributed by atoms with Crippen LogP contribution in [-0.4, -0.2) is 36.2 Å². The summed E-state index contributed by atoms with van der Waals surface area (Å²) in [6.45, 7) is 1.16. The molecule has 1 aliphatic carbocycles. The summed E-state index contributed by atoms with van der Waals surface area (Å²) in [5.74, 6) is -0.750. The number of rotatable bonds is 5. The molecule has 1 heterocycles. The van der Waals surface area contributed by atoms with Gasteiger partial charge in [-0.15, -0.1) is 0 Å². The van der Waals surface area contributed by atoms with E-state index >= 15 is 0 Å². The molecule has 28 heavy (non-hydrogen) atoms. The van der Waals surface area contributed by atoms with E-state index in [-0.39, 0.29) is 11.3 Å². The van der Waals surface area contributed by atoms with Crippen LogP contribution in [0.3, 0.4) is 0 Å². The Morgan fingerprint density at radius 3 is 2.64 bits per heavy atom. The number of likely N-dealkylation sites (N-methyl/N-ethyl adjacent to an activating group) is 1. The van der Waals surface area contributed by atoms with Crippen LogP contribution in [0.1, 0.15) is 47.4 Å². The molecule has 3 rings (SSSR count). The normalized spacial score (nSPS) is 19.3. The highest BCUT2D eigenvalue weighted by molar-refractivity contribution is 6.31. The van der Waals surface area contributed by atoms with Gasteiger partial charge >= 0.3 is 5.97 Å². The molecular formula is C21H22ClNO5. The van der Waals surface area contributed by atoms with Gasteiger partial charge in [0, 0.05) is 24.1 Å². The highest BCUT2D eigenvalue weighted by Crippen LogP contribution is 2.42. The molecule has 6 nitrogen and oxygen atoms in total. The van der Waals surface area contributed by atoms with E-state index in [9.17, 15) is 14.4 Å². The Morgan fingerprint density at radius 2 is 2.00 bits per heavy atom. The second kappa shape index (κ2) is 8.19. The van der Waals surface area contributed by atoms with Gasteiger partial charge in [0.1, 0.15) is 16.9 Å². The fraction of sp³-hybridized carbons (Fsp3) is 0.381. The minimum atomic E-state index is -1.15. The number of nitrogens with zero attached hydrogens (tertiary/aromatic N) is 1. The lowest BCUT2D eigenvalue weighted by Crippen LogP contribution is -2.55. The lowest BCUT2D eigenvalue weighted by Gasteiger charge is -2.43. The number of ether oxygens (including phenoxy) is 1. The first-order valence-electron chi connectivity index (χ1n) is 9.14. The summed E-state index contributed by atoms with van der Waals surface area (Å²) < 4.78 is 10.2. The second-order valence-corrected chi connectivity index (χ2v) is 7.30. The number of aryl methyl sites for hydroxylation is 1. The van der Waals surface area contributed by atoms with Gasteiger partial charge in [-0.2, -0.15) is 0 Å². The maximum atomic E-state index is 13.0. The smallest absolute Gasteiger partial charge is 0.342 e. The highest BCUT2D eigenvalue weighted by Gasteiger charge is 2.48. The minimum Gasteiger partial charge on any atom is -0.469 e. The highest BCUT2D eigenvalue weighted by atomic mass is 35.5. The van der Waals surface area contributed by atoms with Crippen molar-refractivity contribution in [1.82, 2.24) is 4.90 Å². The standard InChI is InChI=1S/C21H22ClNO5/c1-14-15(10-12-27-14)20(26)28-13-19(25)23(2)21(11-6-5-9-18(21)24)16-7-3-4-8-17(16)22/h3-4,7-8,10,12H,5-6,9,11,13H2,1-2H3. The van der Waals surface area contributed by atoms with E-state index in [0.29, 0.717) is 29.2 Å². The predicted molar refractivity (Wildman–Crippen MR) is 103 cm³/mol. The zero-order valence-electron chi connectivity index (χ0n) is 15.9. The Bertz CT molecular complexity index is 906. The molecule has 1 aliphatic rings. The van der Waals surface area contributed by atoms with Crippen molar-refractivity contribution in [3.05, 3.63) is 58.5 Å². The Balaban J connectivity index is 1.83. The Labute approximate surface area is 168 Å². The molecule has 1 saturated carbocycles. The van der Waals surface area contributed by atoms with E-state index in [1.807, 2.05) is 0 Å². The Kier molecular flexibility index (Phi) is 5.89. The fourth-order valence-electron chi connectivity index (χ4n) is 3.74. The molecule has 1 aromatic heterocycles. The third-order valence-electron chi connectivity index (χ3n) is 5.33. The van der Waals surface area contributed by atoms with Gasteiger partial charge in [-0.25, -0.2) is 4.79 Å². The van der Waals surface area contributed by atoms with Crippen LogP contribution in [0.2, 0.25) is 5.02 Å². The number of halogens is 1. The van der Waals surface area contributed by atoms with E-state index in [0.717, 1.165) is 12.8 Å². The average Bonchev–Trinajstić information content (AvgIpc) is 3.12. The van der Waals surface area contributed by atoms with Crippen LogP contribution >= 0.6 is 11.6 Å². The van der Waals surface area contributed by atoms with Gasteiger partial charge in [0.2, 0.25) is 0 Å². The van der Waals surface area contributed by atoms with Crippen LogP contribution in [0.4, 0.5) is 0 Å². The van der Waals surface area contributed by atoms with Crippen molar-refractivity contribution in [2.45, 2.75) is 38.1 Å². The number of carbonyl (C=O) groups is 3. The van der Waals surface area contributed by atoms with Gasteiger partial charge in [0.05, 0.1) is 6.26 Å². The molecule has 2 aromatic rings. The second-order valence-electron chi connectivity index (χ2n) is 6.89. The van der Waals surface area contributed by atoms with Crippen molar-refractivity contribution >= 4 is 29.3 Å². The molecule has 0 saturated heterocycles. The number of ketones is 1. The summed E-state index contributed by atoms with van der Waals surface area (Å²) in [6, 6.07) is 8.55. The maximum Gasteiger partial charge on any atom is 0.342 e. The molecule has 0 bridgehead atoms. The van der Waals surface area contributed by atoms with Crippen molar-refractivity contribution in [1.29, 1.82) is 0 Å². The van der Waals surface area contributed by atoms with Crippen LogP contribution in [0.15, 0.2) is 41.0 Å². The predicted octanol–water partition coefficient (Wildman–Crippen LogP) is 3.90. The van der Waals surface area contributed by atoms with Crippen LogP contribution in [-0.2, 0) is 19.9 Å². The number of esters is 1. The van der Waals surface area contributed by atoms with Crippen LogP contribution < -0.4 is 0 Å². The van der Waals surface area contributed by atoms with Gasteiger partial charge in [-0.1, -0.05) is 29.8 Å². The van der Waals surface area contributed by atoms with Crippen molar-refractivity contribution in [3.63, 3.8) is 0 Å². The lowest BCUT2D eigenvalue weighted by atomic mass is 9.74. The van der Waals surface area contributed by atoms with E-state index in [4.69, 9.17) is 20.8 Å². The van der Waals surface area contributed by atoms with E-state index in [2.05, 4.69) is 0 Å². The quantitative estimate of drug-likeness (QED) is 0.707. The first-order chi connectivity index (χ1) is 13.4. The molecular weight excluding hydrogens is 382 g/mol. The van der Waals surface area contributed by atoms with Gasteiger partial charge in [0.15, 0.2) is 12.4 Å². The van der Waals surface area contributed by atoms with E-state index < -0.39 is 24.0 Å². The molecule has 148 valence electrons. The van der Waals surface area contributed by atoms with Gasteiger partial charge in [-0.05, 0) is 38.3 Å². The summed E-state index contributed by atoms with van der Waals surface area (Å²) in [6.07, 6.45) is 3.81. The maximum absolute atomic E-state index is 13.0. The Morgan fingerprint density at radius 1 is 1.25 bits per heavy atom. The summed E-state index contributed by atoms with van der Waals surface area (Å²) in [5.41, 5.74) is -0.273. The summed E-state index contributed by atoms with van der Waals surface area (Å²) >= 11 is 6.39. The van der Waals surface area contributed by atoms with Crippen LogP contribution in [0.25, 0.3) is 0 Å². The largest absolute Gasteiger partial charge is 0.469 e. The Hall–Kier alpha value is -2.60. The number of carbonyl (C=O) groups excluding carboxylic acids is 3. The fourth-order valence-corrected chi connectivity index (χ4v) is 4.03. The van der Waals surface area contributed by atoms with Crippen molar-refractivity contribution in [2.75, 3.05) is 13.7 Å². The average molecular weight is 404 g/mol. The van der Waals surface area contributed by atoms with Crippen LogP contribution in [0.5, 0.6) is 0 Å². The van der Waals surface area contributed by atoms with E-state index in [1.54, 1.807) is 38.2 Å². The summed E-state index contributed by atoms with van der Waals surface area (Å²) in [4.78, 5) is 39.4. The molecule has 0 N–H and O–H groups in total. The van der Waals surface area contributed by atoms with Crippen molar-refractivity contribution in [2.24, 2.45) is 0 Å². The number of Topliss-reactive ketones (excluding diaryl/α,β-unsaturated/α-hetero) is 1. The third kappa shape index (κ3) is 3.56. The number of furan rings is 1. The molecule has 1 amide bonds. The molecule has 0 aliphatic heterocycles. The first kappa shape index (κ1) is 20.1. The molecule has 7 heteroatoms. The molecule has 1 aromatic carbocycles. The number of hydrogen-bond donors (Lipinski definition) is 0.